The molecule has 1 rings (SSSR count). The fourth-order valence-electron chi connectivity index (χ4n) is 1.21. The summed E-state index contributed by atoms with van der Waals surface area (Å²) in [6.45, 7) is 6.05. The van der Waals surface area contributed by atoms with Crippen molar-refractivity contribution in [2.24, 2.45) is 0 Å². The van der Waals surface area contributed by atoms with E-state index in [4.69, 9.17) is 11.6 Å². The summed E-state index contributed by atoms with van der Waals surface area (Å²) in [4.78, 5) is 23.0. The molecule has 0 unspecified atom stereocenters. The van der Waals surface area contributed by atoms with Crippen molar-refractivity contribution < 1.29 is 4.79 Å². The lowest BCUT2D eigenvalue weighted by Gasteiger charge is -2.06. The predicted molar refractivity (Wildman–Crippen MR) is 66.1 cm³/mol. The molecule has 0 saturated heterocycles. The van der Waals surface area contributed by atoms with Gasteiger partial charge in [0.25, 0.3) is 11.5 Å². The summed E-state index contributed by atoms with van der Waals surface area (Å²) in [5.41, 5.74) is -0.0267. The molecule has 5 nitrogen and oxygen atoms in total. The van der Waals surface area contributed by atoms with Crippen molar-refractivity contribution in [3.63, 3.8) is 0 Å². The smallest absolute Gasteiger partial charge is 0.272 e. The van der Waals surface area contributed by atoms with Crippen molar-refractivity contribution in [3.8, 4) is 0 Å². The Hall–Kier alpha value is -1.62. The maximum absolute atomic E-state index is 11.6. The van der Waals surface area contributed by atoms with Crippen LogP contribution in [0.15, 0.2) is 28.5 Å². The highest BCUT2D eigenvalue weighted by Crippen LogP contribution is 1.96. The Bertz CT molecular complexity index is 482. The lowest BCUT2D eigenvalue weighted by Crippen LogP contribution is -2.30. The molecule has 1 aromatic rings. The van der Waals surface area contributed by atoms with Crippen molar-refractivity contribution in [2.75, 3.05) is 6.54 Å². The normalized spacial score (nSPS) is 10.0. The van der Waals surface area contributed by atoms with Crippen molar-refractivity contribution in [1.29, 1.82) is 0 Å². The van der Waals surface area contributed by atoms with Gasteiger partial charge in [-0.2, -0.15) is 5.10 Å². The van der Waals surface area contributed by atoms with Gasteiger partial charge in [0.1, 0.15) is 5.69 Å². The van der Waals surface area contributed by atoms with Gasteiger partial charge in [0.05, 0.1) is 6.54 Å². The number of hydrogen-bond acceptors (Lipinski definition) is 3. The standard InChI is InChI=1S/C11H14ClN3O2/c1-3-6-15-10(16)5-4-9(14-15)11(17)13-7-8(2)12/h4-5H,2-3,6-7H2,1H3,(H,13,17). The van der Waals surface area contributed by atoms with Gasteiger partial charge in [-0.25, -0.2) is 4.68 Å². The summed E-state index contributed by atoms with van der Waals surface area (Å²) >= 11 is 5.53. The fourth-order valence-corrected chi connectivity index (χ4v) is 1.28. The quantitative estimate of drug-likeness (QED) is 0.858. The first-order valence-electron chi connectivity index (χ1n) is 5.24. The number of carbonyl (C=O) groups is 1. The maximum atomic E-state index is 11.6. The second-order valence-corrected chi connectivity index (χ2v) is 4.01. The van der Waals surface area contributed by atoms with Crippen LogP contribution in [0.25, 0.3) is 0 Å². The molecule has 6 heteroatoms. The second-order valence-electron chi connectivity index (χ2n) is 3.48. The van der Waals surface area contributed by atoms with E-state index in [1.165, 1.54) is 16.8 Å². The summed E-state index contributed by atoms with van der Waals surface area (Å²) in [6.07, 6.45) is 0.774. The van der Waals surface area contributed by atoms with Gasteiger partial charge in [0.2, 0.25) is 0 Å². The minimum Gasteiger partial charge on any atom is -0.346 e. The number of hydrogen-bond donors (Lipinski definition) is 1. The molecule has 0 aromatic carbocycles. The lowest BCUT2D eigenvalue weighted by atomic mass is 10.3. The van der Waals surface area contributed by atoms with E-state index in [0.29, 0.717) is 11.6 Å². The number of nitrogens with zero attached hydrogens (tertiary/aromatic N) is 2. The molecule has 17 heavy (non-hydrogen) atoms. The molecule has 0 fully saturated rings. The third kappa shape index (κ3) is 4.03. The first-order valence-corrected chi connectivity index (χ1v) is 5.62. The first kappa shape index (κ1) is 13.4. The molecule has 0 radical (unpaired) electrons. The van der Waals surface area contributed by atoms with E-state index in [9.17, 15) is 9.59 Å². The van der Waals surface area contributed by atoms with E-state index >= 15 is 0 Å². The van der Waals surface area contributed by atoms with Crippen LogP contribution < -0.4 is 10.9 Å². The van der Waals surface area contributed by atoms with Gasteiger partial charge in [0, 0.05) is 17.6 Å². The van der Waals surface area contributed by atoms with Gasteiger partial charge in [0.15, 0.2) is 0 Å². The predicted octanol–water partition coefficient (Wildman–Crippen LogP) is 1.14. The molecule has 0 saturated carbocycles. The topological polar surface area (TPSA) is 64.0 Å². The Balaban J connectivity index is 2.84. The molecular weight excluding hydrogens is 242 g/mol. The molecule has 1 N–H and O–H groups in total. The molecule has 1 heterocycles. The SMILES string of the molecule is C=C(Cl)CNC(=O)c1ccc(=O)n(CCC)n1. The van der Waals surface area contributed by atoms with E-state index in [-0.39, 0.29) is 23.7 Å². The van der Waals surface area contributed by atoms with Crippen LogP contribution in [-0.4, -0.2) is 22.2 Å². The van der Waals surface area contributed by atoms with Crippen LogP contribution in [0.3, 0.4) is 0 Å². The van der Waals surface area contributed by atoms with Gasteiger partial charge in [-0.1, -0.05) is 25.1 Å². The van der Waals surface area contributed by atoms with Gasteiger partial charge >= 0.3 is 0 Å². The molecule has 92 valence electrons. The lowest BCUT2D eigenvalue weighted by molar-refractivity contribution is 0.0950. The highest BCUT2D eigenvalue weighted by atomic mass is 35.5. The number of halogens is 1. The molecule has 0 aliphatic carbocycles. The van der Waals surface area contributed by atoms with E-state index in [2.05, 4.69) is 17.0 Å². The number of aromatic nitrogens is 2. The third-order valence-electron chi connectivity index (χ3n) is 1.98. The Morgan fingerprint density at radius 3 is 2.88 bits per heavy atom. The summed E-state index contributed by atoms with van der Waals surface area (Å²) in [5, 5.41) is 6.83. The Labute approximate surface area is 104 Å². The van der Waals surface area contributed by atoms with Gasteiger partial charge in [-0.05, 0) is 12.5 Å². The van der Waals surface area contributed by atoms with Crippen molar-refractivity contribution in [2.45, 2.75) is 19.9 Å². The van der Waals surface area contributed by atoms with E-state index < -0.39 is 0 Å². The first-order chi connectivity index (χ1) is 8.04. The number of rotatable bonds is 5. The Morgan fingerprint density at radius 1 is 1.59 bits per heavy atom. The third-order valence-corrected chi connectivity index (χ3v) is 2.11. The molecular formula is C11H14ClN3O2. The Morgan fingerprint density at radius 2 is 2.29 bits per heavy atom. The highest BCUT2D eigenvalue weighted by molar-refractivity contribution is 6.29. The number of carbonyl (C=O) groups excluding carboxylic acids is 1. The number of amides is 1. The van der Waals surface area contributed by atoms with Gasteiger partial charge in [-0.15, -0.1) is 0 Å². The molecule has 0 spiro atoms. The van der Waals surface area contributed by atoms with Crippen LogP contribution in [0.1, 0.15) is 23.8 Å². The summed E-state index contributed by atoms with van der Waals surface area (Å²) in [6, 6.07) is 2.72. The molecule has 1 aromatic heterocycles. The van der Waals surface area contributed by atoms with E-state index in [0.717, 1.165) is 6.42 Å². The van der Waals surface area contributed by atoms with Crippen LogP contribution in [-0.2, 0) is 6.54 Å². The largest absolute Gasteiger partial charge is 0.346 e. The zero-order valence-corrected chi connectivity index (χ0v) is 10.3. The fraction of sp³-hybridized carbons (Fsp3) is 0.364. The summed E-state index contributed by atoms with van der Waals surface area (Å²) in [5.74, 6) is -0.378. The average Bonchev–Trinajstić information content (AvgIpc) is 2.29. The average molecular weight is 256 g/mol. The molecule has 0 bridgehead atoms. The monoisotopic (exact) mass is 255 g/mol. The van der Waals surface area contributed by atoms with Crippen LogP contribution >= 0.6 is 11.6 Å². The highest BCUT2D eigenvalue weighted by Gasteiger charge is 2.08. The zero-order chi connectivity index (χ0) is 12.8. The Kier molecular flexibility index (Phi) is 4.90. The summed E-state index contributed by atoms with van der Waals surface area (Å²) in [7, 11) is 0. The van der Waals surface area contributed by atoms with Crippen molar-refractivity contribution in [3.05, 3.63) is 39.8 Å². The number of aryl methyl sites for hydroxylation is 1. The zero-order valence-electron chi connectivity index (χ0n) is 9.57. The van der Waals surface area contributed by atoms with E-state index in [1.807, 2.05) is 6.92 Å². The van der Waals surface area contributed by atoms with Crippen LogP contribution in [0.4, 0.5) is 0 Å². The van der Waals surface area contributed by atoms with Gasteiger partial charge in [-0.3, -0.25) is 9.59 Å². The maximum Gasteiger partial charge on any atom is 0.272 e. The minimum atomic E-state index is -0.378. The molecule has 0 aliphatic heterocycles. The van der Waals surface area contributed by atoms with E-state index in [1.54, 1.807) is 0 Å². The second kappa shape index (κ2) is 6.20. The number of nitrogens with one attached hydrogen (secondary N) is 1. The van der Waals surface area contributed by atoms with Crippen LogP contribution in [0.5, 0.6) is 0 Å². The molecule has 1 amide bonds. The van der Waals surface area contributed by atoms with Crippen LogP contribution in [0, 0.1) is 0 Å². The van der Waals surface area contributed by atoms with Crippen LogP contribution in [0.2, 0.25) is 0 Å². The summed E-state index contributed by atoms with van der Waals surface area (Å²) < 4.78 is 1.27. The minimum absolute atomic E-state index is 0.176. The molecule has 0 aliphatic rings. The van der Waals surface area contributed by atoms with Crippen molar-refractivity contribution >= 4 is 17.5 Å². The van der Waals surface area contributed by atoms with Crippen molar-refractivity contribution in [1.82, 2.24) is 15.1 Å². The molecule has 0 atom stereocenters. The van der Waals surface area contributed by atoms with Gasteiger partial charge < -0.3 is 5.32 Å².